The molecule has 41 valence electrons. The maximum absolute atomic E-state index is 2.18. The van der Waals surface area contributed by atoms with Crippen molar-refractivity contribution in [3.8, 4) is 0 Å². The van der Waals surface area contributed by atoms with Crippen molar-refractivity contribution in [2.24, 2.45) is 0 Å². The third-order valence-corrected chi connectivity index (χ3v) is 0.883. The van der Waals surface area contributed by atoms with Crippen LogP contribution in [0.25, 0.3) is 0 Å². The molecular formula is C6H8Ir. The Hall–Kier alpha value is 0.129. The normalized spacial score (nSPS) is 16.0. The topological polar surface area (TPSA) is 0 Å². The first-order valence-corrected chi connectivity index (χ1v) is 2.32. The molecule has 0 amide bonds. The van der Waals surface area contributed by atoms with Gasteiger partial charge in [0.1, 0.15) is 0 Å². The largest absolute Gasteiger partial charge is 0.0842 e. The molecule has 0 aromatic carbocycles. The summed E-state index contributed by atoms with van der Waals surface area (Å²) in [6.07, 6.45) is 11.0. The minimum Gasteiger partial charge on any atom is -0.0842 e. The van der Waals surface area contributed by atoms with Crippen LogP contribution in [0.3, 0.4) is 0 Å². The number of hydrogen-bond acceptors (Lipinski definition) is 0. The summed E-state index contributed by atoms with van der Waals surface area (Å²) in [4.78, 5) is 0. The molecule has 0 saturated heterocycles. The van der Waals surface area contributed by atoms with Crippen LogP contribution in [0.4, 0.5) is 0 Å². The van der Waals surface area contributed by atoms with E-state index >= 15 is 0 Å². The van der Waals surface area contributed by atoms with Gasteiger partial charge >= 0.3 is 0 Å². The second kappa shape index (κ2) is 4.29. The summed E-state index contributed by atoms with van der Waals surface area (Å²) < 4.78 is 0. The van der Waals surface area contributed by atoms with E-state index in [9.17, 15) is 0 Å². The fourth-order valence-electron chi connectivity index (χ4n) is 0.542. The monoisotopic (exact) mass is 273 g/mol. The molecule has 0 spiro atoms. The third-order valence-electron chi connectivity index (χ3n) is 0.883. The van der Waals surface area contributed by atoms with Gasteiger partial charge in [-0.15, -0.1) is 0 Å². The van der Waals surface area contributed by atoms with Crippen LogP contribution in [0.2, 0.25) is 0 Å². The van der Waals surface area contributed by atoms with Gasteiger partial charge in [0.15, 0.2) is 0 Å². The summed E-state index contributed by atoms with van der Waals surface area (Å²) >= 11 is 0. The van der Waals surface area contributed by atoms with E-state index in [0.29, 0.717) is 0 Å². The Morgan fingerprint density at radius 1 is 0.857 bits per heavy atom. The van der Waals surface area contributed by atoms with Crippen molar-refractivity contribution in [2.45, 2.75) is 12.8 Å². The molecule has 7 heavy (non-hydrogen) atoms. The van der Waals surface area contributed by atoms with Gasteiger partial charge in [-0.05, 0) is 12.8 Å². The van der Waals surface area contributed by atoms with Crippen LogP contribution in [-0.2, 0) is 20.1 Å². The zero-order valence-electron chi connectivity index (χ0n) is 4.06. The zero-order valence-corrected chi connectivity index (χ0v) is 6.45. The molecule has 0 bridgehead atoms. The van der Waals surface area contributed by atoms with E-state index in [2.05, 4.69) is 24.3 Å². The summed E-state index contributed by atoms with van der Waals surface area (Å²) in [5.74, 6) is 0. The first kappa shape index (κ1) is 7.13. The summed E-state index contributed by atoms with van der Waals surface area (Å²) in [7, 11) is 0. The van der Waals surface area contributed by atoms with Gasteiger partial charge in [-0.1, -0.05) is 24.3 Å². The minimum absolute atomic E-state index is 0. The van der Waals surface area contributed by atoms with E-state index in [1.807, 2.05) is 0 Å². The van der Waals surface area contributed by atoms with Crippen molar-refractivity contribution in [3.63, 3.8) is 0 Å². The van der Waals surface area contributed by atoms with E-state index < -0.39 is 0 Å². The second-order valence-electron chi connectivity index (χ2n) is 1.43. The van der Waals surface area contributed by atoms with Crippen molar-refractivity contribution in [3.05, 3.63) is 24.3 Å². The van der Waals surface area contributed by atoms with E-state index in [1.165, 1.54) is 12.8 Å². The SMILES string of the molecule is C1=CCCC=C1.[Ir]. The van der Waals surface area contributed by atoms with E-state index in [4.69, 9.17) is 0 Å². The molecule has 0 aliphatic heterocycles. The maximum Gasteiger partial charge on any atom is 0 e. The Labute approximate surface area is 57.7 Å². The number of rotatable bonds is 0. The van der Waals surface area contributed by atoms with E-state index in [1.54, 1.807) is 0 Å². The summed E-state index contributed by atoms with van der Waals surface area (Å²) in [5.41, 5.74) is 0. The molecule has 0 saturated carbocycles. The molecular weight excluding hydrogens is 264 g/mol. The fourth-order valence-corrected chi connectivity index (χ4v) is 0.542. The predicted octanol–water partition coefficient (Wildman–Crippen LogP) is 1.89. The van der Waals surface area contributed by atoms with Crippen LogP contribution in [0, 0.1) is 0 Å². The molecule has 0 heterocycles. The van der Waals surface area contributed by atoms with Crippen molar-refractivity contribution >= 4 is 0 Å². The molecule has 1 aliphatic rings. The van der Waals surface area contributed by atoms with Crippen LogP contribution in [0.5, 0.6) is 0 Å². The molecule has 1 heteroatoms. The van der Waals surface area contributed by atoms with Crippen LogP contribution in [0.1, 0.15) is 12.8 Å². The van der Waals surface area contributed by atoms with Gasteiger partial charge in [-0.25, -0.2) is 0 Å². The Balaban J connectivity index is 0.000000360. The second-order valence-corrected chi connectivity index (χ2v) is 1.43. The van der Waals surface area contributed by atoms with Gasteiger partial charge < -0.3 is 0 Å². The molecule has 0 unspecified atom stereocenters. The van der Waals surface area contributed by atoms with Gasteiger partial charge in [-0.2, -0.15) is 0 Å². The third kappa shape index (κ3) is 2.78. The molecule has 0 aromatic rings. The standard InChI is InChI=1S/C6H8.Ir/c1-2-4-6-5-3-1;/h1-4H,5-6H2;. The summed E-state index contributed by atoms with van der Waals surface area (Å²) in [5, 5.41) is 0. The minimum atomic E-state index is 0. The van der Waals surface area contributed by atoms with Crippen LogP contribution in [-0.4, -0.2) is 0 Å². The smallest absolute Gasteiger partial charge is 0 e. The number of allylic oxidation sites excluding steroid dienone is 4. The van der Waals surface area contributed by atoms with E-state index in [0.717, 1.165) is 0 Å². The van der Waals surface area contributed by atoms with Crippen molar-refractivity contribution < 1.29 is 20.1 Å². The van der Waals surface area contributed by atoms with Gasteiger partial charge in [0.2, 0.25) is 0 Å². The van der Waals surface area contributed by atoms with Gasteiger partial charge in [0.05, 0.1) is 0 Å². The first-order chi connectivity index (χ1) is 3.00. The molecule has 0 fully saturated rings. The molecule has 1 radical (unpaired) electrons. The fraction of sp³-hybridized carbons (Fsp3) is 0.333. The predicted molar refractivity (Wildman–Crippen MR) is 27.5 cm³/mol. The summed E-state index contributed by atoms with van der Waals surface area (Å²) in [6.45, 7) is 0. The first-order valence-electron chi connectivity index (χ1n) is 2.32. The Morgan fingerprint density at radius 3 is 1.43 bits per heavy atom. The van der Waals surface area contributed by atoms with Crippen LogP contribution in [0.15, 0.2) is 24.3 Å². The maximum atomic E-state index is 2.18. The summed E-state index contributed by atoms with van der Waals surface area (Å²) in [6, 6.07) is 0. The molecule has 0 atom stereocenters. The Kier molecular flexibility index (Phi) is 4.37. The van der Waals surface area contributed by atoms with Crippen LogP contribution >= 0.6 is 0 Å². The molecule has 1 rings (SSSR count). The molecule has 0 N–H and O–H groups in total. The van der Waals surface area contributed by atoms with Crippen molar-refractivity contribution in [1.29, 1.82) is 0 Å². The Bertz CT molecular complexity index is 70.2. The molecule has 0 aromatic heterocycles. The zero-order chi connectivity index (χ0) is 4.24. The van der Waals surface area contributed by atoms with Gasteiger partial charge in [0.25, 0.3) is 0 Å². The quantitative estimate of drug-likeness (QED) is 0.632. The van der Waals surface area contributed by atoms with E-state index in [-0.39, 0.29) is 20.1 Å². The van der Waals surface area contributed by atoms with Crippen molar-refractivity contribution in [1.82, 2.24) is 0 Å². The average Bonchev–Trinajstić information content (AvgIpc) is 1.72. The molecule has 0 nitrogen and oxygen atoms in total. The van der Waals surface area contributed by atoms with Gasteiger partial charge in [-0.3, -0.25) is 0 Å². The van der Waals surface area contributed by atoms with Gasteiger partial charge in [0, 0.05) is 20.1 Å². The average molecular weight is 272 g/mol. The molecule has 1 aliphatic carbocycles. The Morgan fingerprint density at radius 2 is 1.29 bits per heavy atom. The van der Waals surface area contributed by atoms with Crippen molar-refractivity contribution in [2.75, 3.05) is 0 Å². The van der Waals surface area contributed by atoms with Crippen LogP contribution < -0.4 is 0 Å². The number of hydrogen-bond donors (Lipinski definition) is 0.